The fourth-order valence-corrected chi connectivity index (χ4v) is 2.84. The maximum absolute atomic E-state index is 12.4. The van der Waals surface area contributed by atoms with Crippen LogP contribution in [0, 0.1) is 0 Å². The summed E-state index contributed by atoms with van der Waals surface area (Å²) in [6, 6.07) is 9.35. The summed E-state index contributed by atoms with van der Waals surface area (Å²) in [6.45, 7) is 1.33. The number of carbonyl (C=O) groups excluding carboxylic acids is 1. The van der Waals surface area contributed by atoms with E-state index in [1.165, 1.54) is 43.3 Å². The second kappa shape index (κ2) is 6.52. The summed E-state index contributed by atoms with van der Waals surface area (Å²) in [5.74, 6) is -1.28. The van der Waals surface area contributed by atoms with E-state index in [0.29, 0.717) is 5.56 Å². The van der Waals surface area contributed by atoms with Crippen molar-refractivity contribution in [2.45, 2.75) is 18.2 Å². The molecular formula is C15H11F3O5S. The SMILES string of the molecule is CC(=O)c1ccc(OS(=O)(=O)c2ccccc2OC(F)(F)F)cc1. The molecule has 0 fully saturated rings. The van der Waals surface area contributed by atoms with E-state index in [4.69, 9.17) is 4.18 Å². The average molecular weight is 360 g/mol. The smallest absolute Gasteiger partial charge is 0.404 e. The minimum absolute atomic E-state index is 0.151. The third kappa shape index (κ3) is 4.48. The first-order valence-corrected chi connectivity index (χ1v) is 7.89. The Kier molecular flexibility index (Phi) is 4.83. The van der Waals surface area contributed by atoms with Crippen LogP contribution in [0.15, 0.2) is 53.4 Å². The predicted octanol–water partition coefficient (Wildman–Crippen LogP) is 3.56. The standard InChI is InChI=1S/C15H11F3O5S/c1-10(19)11-6-8-12(9-7-11)23-24(20,21)14-5-3-2-4-13(14)22-15(16,17)18/h2-9H,1H3. The van der Waals surface area contributed by atoms with Crippen molar-refractivity contribution in [1.82, 2.24) is 0 Å². The number of alkyl halides is 3. The van der Waals surface area contributed by atoms with Crippen molar-refractivity contribution in [2.24, 2.45) is 0 Å². The highest BCUT2D eigenvalue weighted by Crippen LogP contribution is 2.31. The van der Waals surface area contributed by atoms with Gasteiger partial charge in [0, 0.05) is 5.56 Å². The molecule has 0 spiro atoms. The molecule has 2 aromatic rings. The Bertz CT molecular complexity index is 842. The summed E-state index contributed by atoms with van der Waals surface area (Å²) in [5.41, 5.74) is 0.334. The number of benzene rings is 2. The largest absolute Gasteiger partial charge is 0.573 e. The van der Waals surface area contributed by atoms with Crippen LogP contribution in [0.2, 0.25) is 0 Å². The summed E-state index contributed by atoms with van der Waals surface area (Å²) >= 11 is 0. The zero-order valence-corrected chi connectivity index (χ0v) is 13.0. The van der Waals surface area contributed by atoms with Crippen LogP contribution in [0.3, 0.4) is 0 Å². The van der Waals surface area contributed by atoms with Crippen LogP contribution in [-0.2, 0) is 10.1 Å². The van der Waals surface area contributed by atoms with E-state index in [0.717, 1.165) is 12.1 Å². The highest BCUT2D eigenvalue weighted by Gasteiger charge is 2.34. The van der Waals surface area contributed by atoms with Crippen LogP contribution in [0.4, 0.5) is 13.2 Å². The van der Waals surface area contributed by atoms with Gasteiger partial charge >= 0.3 is 16.5 Å². The molecule has 0 aliphatic heterocycles. The normalized spacial score (nSPS) is 11.8. The lowest BCUT2D eigenvalue weighted by Gasteiger charge is -2.13. The number of halogens is 3. The van der Waals surface area contributed by atoms with Gasteiger partial charge in [-0.15, -0.1) is 13.2 Å². The van der Waals surface area contributed by atoms with Crippen molar-refractivity contribution < 1.29 is 35.3 Å². The van der Waals surface area contributed by atoms with Crippen LogP contribution in [0.5, 0.6) is 11.5 Å². The van der Waals surface area contributed by atoms with Crippen molar-refractivity contribution in [3.05, 3.63) is 54.1 Å². The summed E-state index contributed by atoms with van der Waals surface area (Å²) in [6.07, 6.45) is -5.05. The number of Topliss-reactive ketones (excluding diaryl/α,β-unsaturated/α-hetero) is 1. The number of hydrogen-bond donors (Lipinski definition) is 0. The maximum Gasteiger partial charge on any atom is 0.573 e. The average Bonchev–Trinajstić information content (AvgIpc) is 2.46. The second-order valence-electron chi connectivity index (χ2n) is 4.61. The second-order valence-corrected chi connectivity index (χ2v) is 6.13. The number of rotatable bonds is 5. The molecule has 24 heavy (non-hydrogen) atoms. The lowest BCUT2D eigenvalue weighted by Crippen LogP contribution is -2.20. The molecule has 0 saturated carbocycles. The van der Waals surface area contributed by atoms with E-state index in [-0.39, 0.29) is 11.5 Å². The van der Waals surface area contributed by atoms with Crippen LogP contribution < -0.4 is 8.92 Å². The van der Waals surface area contributed by atoms with Gasteiger partial charge in [-0.2, -0.15) is 8.42 Å². The van der Waals surface area contributed by atoms with Gasteiger partial charge in [0.2, 0.25) is 0 Å². The number of hydrogen-bond acceptors (Lipinski definition) is 5. The lowest BCUT2D eigenvalue weighted by molar-refractivity contribution is -0.275. The first kappa shape index (κ1) is 17.8. The van der Waals surface area contributed by atoms with Crippen molar-refractivity contribution in [3.8, 4) is 11.5 Å². The summed E-state index contributed by atoms with van der Waals surface area (Å²) in [4.78, 5) is 10.4. The number of para-hydroxylation sites is 1. The Hall–Kier alpha value is -2.55. The zero-order chi connectivity index (χ0) is 18.0. The Labute approximate surface area is 135 Å². The van der Waals surface area contributed by atoms with E-state index in [2.05, 4.69) is 4.74 Å². The Morgan fingerprint density at radius 1 is 1.00 bits per heavy atom. The van der Waals surface area contributed by atoms with Gasteiger partial charge in [0.05, 0.1) is 0 Å². The zero-order valence-electron chi connectivity index (χ0n) is 12.2. The van der Waals surface area contributed by atoms with Gasteiger partial charge in [-0.1, -0.05) is 12.1 Å². The molecule has 0 aliphatic rings. The summed E-state index contributed by atoms with van der Waals surface area (Å²) in [5, 5.41) is 0. The van der Waals surface area contributed by atoms with E-state index in [9.17, 15) is 26.4 Å². The molecule has 2 aromatic carbocycles. The van der Waals surface area contributed by atoms with Gasteiger partial charge < -0.3 is 8.92 Å². The molecule has 128 valence electrons. The molecule has 0 bridgehead atoms. The predicted molar refractivity (Wildman–Crippen MR) is 77.4 cm³/mol. The van der Waals surface area contributed by atoms with Crippen LogP contribution in [0.25, 0.3) is 0 Å². The molecule has 0 saturated heterocycles. The first-order valence-electron chi connectivity index (χ1n) is 6.49. The summed E-state index contributed by atoms with van der Waals surface area (Å²) < 4.78 is 70.0. The van der Waals surface area contributed by atoms with E-state index in [1.807, 2.05) is 0 Å². The highest BCUT2D eigenvalue weighted by atomic mass is 32.2. The van der Waals surface area contributed by atoms with Gasteiger partial charge in [0.1, 0.15) is 10.6 Å². The van der Waals surface area contributed by atoms with Crippen molar-refractivity contribution >= 4 is 15.9 Å². The molecule has 0 aliphatic carbocycles. The monoisotopic (exact) mass is 360 g/mol. The molecule has 0 unspecified atom stereocenters. The molecule has 0 amide bonds. The van der Waals surface area contributed by atoms with E-state index in [1.54, 1.807) is 0 Å². The Morgan fingerprint density at radius 2 is 1.58 bits per heavy atom. The third-order valence-electron chi connectivity index (χ3n) is 2.81. The molecule has 5 nitrogen and oxygen atoms in total. The van der Waals surface area contributed by atoms with E-state index >= 15 is 0 Å². The maximum atomic E-state index is 12.4. The van der Waals surface area contributed by atoms with Crippen molar-refractivity contribution in [3.63, 3.8) is 0 Å². The topological polar surface area (TPSA) is 69.7 Å². The molecule has 0 aromatic heterocycles. The minimum atomic E-state index is -5.05. The van der Waals surface area contributed by atoms with Crippen molar-refractivity contribution in [2.75, 3.05) is 0 Å². The number of carbonyl (C=O) groups is 1. The van der Waals surface area contributed by atoms with Crippen molar-refractivity contribution in [1.29, 1.82) is 0 Å². The molecule has 2 rings (SSSR count). The van der Waals surface area contributed by atoms with Crippen LogP contribution in [0.1, 0.15) is 17.3 Å². The lowest BCUT2D eigenvalue weighted by atomic mass is 10.1. The molecule has 0 N–H and O–H groups in total. The Morgan fingerprint density at radius 3 is 2.12 bits per heavy atom. The number of ether oxygens (including phenoxy) is 1. The first-order chi connectivity index (χ1) is 11.1. The fraction of sp³-hybridized carbons (Fsp3) is 0.133. The molecule has 9 heteroatoms. The number of ketones is 1. The molecular weight excluding hydrogens is 349 g/mol. The van der Waals surface area contributed by atoms with Crippen LogP contribution in [-0.4, -0.2) is 20.6 Å². The van der Waals surface area contributed by atoms with Gasteiger partial charge in [-0.3, -0.25) is 4.79 Å². The van der Waals surface area contributed by atoms with E-state index < -0.39 is 27.1 Å². The summed E-state index contributed by atoms with van der Waals surface area (Å²) in [7, 11) is -4.56. The van der Waals surface area contributed by atoms with Gasteiger partial charge in [0.15, 0.2) is 11.5 Å². The third-order valence-corrected chi connectivity index (χ3v) is 4.10. The van der Waals surface area contributed by atoms with Gasteiger partial charge in [-0.25, -0.2) is 0 Å². The Balaban J connectivity index is 2.32. The molecule has 0 radical (unpaired) electrons. The van der Waals surface area contributed by atoms with Gasteiger partial charge in [-0.05, 0) is 43.3 Å². The molecule has 0 atom stereocenters. The quantitative estimate of drug-likeness (QED) is 0.602. The fourth-order valence-electron chi connectivity index (χ4n) is 1.78. The minimum Gasteiger partial charge on any atom is -0.404 e. The van der Waals surface area contributed by atoms with Gasteiger partial charge in [0.25, 0.3) is 0 Å². The highest BCUT2D eigenvalue weighted by molar-refractivity contribution is 7.87. The molecule has 0 heterocycles. The van der Waals surface area contributed by atoms with Crippen LogP contribution >= 0.6 is 0 Å².